The van der Waals surface area contributed by atoms with Gasteiger partial charge in [0.2, 0.25) is 12.4 Å². The predicted octanol–water partition coefficient (Wildman–Crippen LogP) is 5.64. The maximum absolute atomic E-state index is 14.3. The van der Waals surface area contributed by atoms with Crippen LogP contribution in [0.5, 0.6) is 0 Å². The van der Waals surface area contributed by atoms with Gasteiger partial charge >= 0.3 is 0 Å². The Morgan fingerprint density at radius 2 is 1.97 bits per heavy atom. The molecule has 1 fully saturated rings. The highest BCUT2D eigenvalue weighted by Crippen LogP contribution is 2.29. The number of nitrogens with two attached hydrogens (primary N) is 1. The van der Waals surface area contributed by atoms with Crippen LogP contribution in [0.1, 0.15) is 45.7 Å². The van der Waals surface area contributed by atoms with Crippen molar-refractivity contribution in [1.82, 2.24) is 24.5 Å². The number of alkyl halides is 3. The molecule has 1 aliphatic rings. The van der Waals surface area contributed by atoms with Crippen molar-refractivity contribution < 1.29 is 17.6 Å². The first-order chi connectivity index (χ1) is 16.5. The zero-order chi connectivity index (χ0) is 26.1. The van der Waals surface area contributed by atoms with Gasteiger partial charge < -0.3 is 10.6 Å². The van der Waals surface area contributed by atoms with Crippen molar-refractivity contribution in [2.75, 3.05) is 25.9 Å². The number of pyridine rings is 1. The molecule has 0 spiro atoms. The van der Waals surface area contributed by atoms with Crippen molar-refractivity contribution in [2.24, 2.45) is 4.99 Å². The van der Waals surface area contributed by atoms with Crippen molar-refractivity contribution in [2.45, 2.75) is 59.6 Å². The Bertz CT molecular complexity index is 1120. The highest BCUT2D eigenvalue weighted by Gasteiger charge is 2.16. The second kappa shape index (κ2) is 13.1. The fourth-order valence-electron chi connectivity index (χ4n) is 3.36. The van der Waals surface area contributed by atoms with Crippen LogP contribution in [0.3, 0.4) is 0 Å². The molecule has 11 heteroatoms. The van der Waals surface area contributed by atoms with Gasteiger partial charge in [-0.1, -0.05) is 6.92 Å². The largest absolute Gasteiger partial charge is 0.367 e. The molecule has 0 amide bonds. The smallest absolute Gasteiger partial charge is 0.238 e. The van der Waals surface area contributed by atoms with Crippen LogP contribution in [0, 0.1) is 12.7 Å². The van der Waals surface area contributed by atoms with Crippen molar-refractivity contribution in [3.05, 3.63) is 36.0 Å². The molecule has 7 nitrogen and oxygen atoms in total. The molecular weight excluding hydrogens is 462 g/mol. The van der Waals surface area contributed by atoms with Crippen LogP contribution in [0.15, 0.2) is 29.5 Å². The Kier molecular flexibility index (Phi) is 10.6. The van der Waals surface area contributed by atoms with E-state index in [-0.39, 0.29) is 12.4 Å². The first-order valence-corrected chi connectivity index (χ1v) is 11.4. The minimum absolute atomic E-state index is 0.0278. The average molecular weight is 496 g/mol. The molecule has 3 aromatic rings. The predicted molar refractivity (Wildman–Crippen MR) is 132 cm³/mol. The average Bonchev–Trinajstić information content (AvgIpc) is 3.10. The highest BCUT2D eigenvalue weighted by molar-refractivity contribution is 5.83. The Labute approximate surface area is 203 Å². The van der Waals surface area contributed by atoms with Gasteiger partial charge in [-0.2, -0.15) is 0 Å². The standard InChI is InChI=1S/C15H15FN6.C6H12FN.C3H6F2/c1-8(2)19-11-4-5-12(20-9(11)3)14-10(16)7-22-13(14)6-18-15(17)21-22;1-8-4-2-3-6(7)5-8;1-2-3(4)5/h4-7H,1-3H3,(H2,17,21);6H,2-5H2,1H3;3H,2H2,1H3/t;6-;/m.1./s1. The van der Waals surface area contributed by atoms with Crippen LogP contribution in [0.2, 0.25) is 0 Å². The minimum atomic E-state index is -2.12. The van der Waals surface area contributed by atoms with E-state index in [1.54, 1.807) is 6.07 Å². The second-order valence-electron chi connectivity index (χ2n) is 8.46. The normalized spacial score (nSPS) is 15.8. The van der Waals surface area contributed by atoms with Crippen LogP contribution in [-0.4, -0.2) is 62.9 Å². The Hall–Kier alpha value is -3.08. The lowest BCUT2D eigenvalue weighted by molar-refractivity contribution is 0.144. The highest BCUT2D eigenvalue weighted by atomic mass is 19.3. The fourth-order valence-corrected chi connectivity index (χ4v) is 3.36. The summed E-state index contributed by atoms with van der Waals surface area (Å²) in [6.07, 6.45) is 1.84. The number of fused-ring (bicyclic) bond motifs is 1. The first-order valence-electron chi connectivity index (χ1n) is 11.4. The molecule has 0 bridgehead atoms. The summed E-state index contributed by atoms with van der Waals surface area (Å²) in [4.78, 5) is 14.8. The zero-order valence-electron chi connectivity index (χ0n) is 20.8. The second-order valence-corrected chi connectivity index (χ2v) is 8.46. The lowest BCUT2D eigenvalue weighted by Crippen LogP contribution is -2.32. The van der Waals surface area contributed by atoms with Gasteiger partial charge in [0.05, 0.1) is 40.5 Å². The fraction of sp³-hybridized carbons (Fsp3) is 0.500. The van der Waals surface area contributed by atoms with Gasteiger partial charge in [0.1, 0.15) is 6.17 Å². The van der Waals surface area contributed by atoms with E-state index in [4.69, 9.17) is 5.73 Å². The third-order valence-corrected chi connectivity index (χ3v) is 5.04. The van der Waals surface area contributed by atoms with Crippen LogP contribution >= 0.6 is 0 Å². The monoisotopic (exact) mass is 495 g/mol. The van der Waals surface area contributed by atoms with Crippen LogP contribution in [0.25, 0.3) is 16.8 Å². The third kappa shape index (κ3) is 8.57. The van der Waals surface area contributed by atoms with Gasteiger partial charge in [-0.3, -0.25) is 9.98 Å². The molecule has 0 saturated carbocycles. The van der Waals surface area contributed by atoms with Gasteiger partial charge in [-0.15, -0.1) is 5.10 Å². The van der Waals surface area contributed by atoms with Gasteiger partial charge in [0.15, 0.2) is 5.82 Å². The summed E-state index contributed by atoms with van der Waals surface area (Å²) in [5.41, 5.74) is 9.33. The number of rotatable bonds is 3. The van der Waals surface area contributed by atoms with E-state index in [0.717, 1.165) is 36.5 Å². The van der Waals surface area contributed by atoms with E-state index in [1.807, 2.05) is 38.8 Å². The number of aryl methyl sites for hydroxylation is 1. The number of piperidine rings is 1. The number of hydrogen-bond acceptors (Lipinski definition) is 6. The van der Waals surface area contributed by atoms with Crippen LogP contribution in [0.4, 0.5) is 29.2 Å². The molecule has 0 aromatic carbocycles. The number of nitrogens with zero attached hydrogens (tertiary/aromatic N) is 6. The van der Waals surface area contributed by atoms with E-state index >= 15 is 0 Å². The maximum Gasteiger partial charge on any atom is 0.238 e. The lowest BCUT2D eigenvalue weighted by atomic mass is 10.1. The quantitative estimate of drug-likeness (QED) is 0.375. The maximum atomic E-state index is 14.3. The molecule has 1 aliphatic heterocycles. The van der Waals surface area contributed by atoms with E-state index in [9.17, 15) is 17.6 Å². The molecule has 0 unspecified atom stereocenters. The van der Waals surface area contributed by atoms with E-state index in [0.29, 0.717) is 23.3 Å². The van der Waals surface area contributed by atoms with E-state index in [1.165, 1.54) is 23.8 Å². The molecule has 3 aromatic heterocycles. The van der Waals surface area contributed by atoms with Crippen LogP contribution < -0.4 is 5.73 Å². The summed E-state index contributed by atoms with van der Waals surface area (Å²) in [5.74, 6) is -0.337. The molecule has 35 heavy (non-hydrogen) atoms. The molecule has 0 aliphatic carbocycles. The lowest BCUT2D eigenvalue weighted by Gasteiger charge is -2.24. The van der Waals surface area contributed by atoms with Gasteiger partial charge in [-0.25, -0.2) is 27.1 Å². The topological polar surface area (TPSA) is 84.7 Å². The Balaban J connectivity index is 0.000000273. The van der Waals surface area contributed by atoms with Crippen molar-refractivity contribution in [3.8, 4) is 11.3 Å². The number of nitrogen functional groups attached to an aromatic ring is 1. The summed E-state index contributed by atoms with van der Waals surface area (Å²) in [7, 11) is 1.96. The van der Waals surface area contributed by atoms with Gasteiger partial charge in [-0.05, 0) is 59.3 Å². The first kappa shape index (κ1) is 28.2. The van der Waals surface area contributed by atoms with E-state index < -0.39 is 18.4 Å². The van der Waals surface area contributed by atoms with Crippen LogP contribution in [-0.2, 0) is 0 Å². The number of halogens is 4. The van der Waals surface area contributed by atoms with Crippen molar-refractivity contribution >= 4 is 22.9 Å². The van der Waals surface area contributed by atoms with Gasteiger partial charge in [0.25, 0.3) is 0 Å². The Morgan fingerprint density at radius 3 is 2.49 bits per heavy atom. The number of likely N-dealkylation sites (tertiary alicyclic amines) is 1. The molecule has 2 N–H and O–H groups in total. The minimum Gasteiger partial charge on any atom is -0.367 e. The third-order valence-electron chi connectivity index (χ3n) is 5.04. The number of hydrogen-bond donors (Lipinski definition) is 1. The number of anilines is 1. The summed E-state index contributed by atoms with van der Waals surface area (Å²) in [6.45, 7) is 8.83. The molecule has 192 valence electrons. The molecule has 0 radical (unpaired) electrons. The van der Waals surface area contributed by atoms with E-state index in [2.05, 4.69) is 20.1 Å². The summed E-state index contributed by atoms with van der Waals surface area (Å²) in [6, 6.07) is 3.56. The number of aromatic nitrogens is 4. The molecule has 4 heterocycles. The van der Waals surface area contributed by atoms with Gasteiger partial charge in [0, 0.05) is 18.7 Å². The number of aliphatic imine (C=N–C) groups is 1. The molecule has 1 atom stereocenters. The van der Waals surface area contributed by atoms with Crippen molar-refractivity contribution in [3.63, 3.8) is 0 Å². The summed E-state index contributed by atoms with van der Waals surface area (Å²) in [5, 5.41) is 3.96. The van der Waals surface area contributed by atoms with Crippen molar-refractivity contribution in [1.29, 1.82) is 0 Å². The molecular formula is C24H33F4N7. The Morgan fingerprint density at radius 1 is 1.29 bits per heavy atom. The molecule has 4 rings (SSSR count). The summed E-state index contributed by atoms with van der Waals surface area (Å²) >= 11 is 0. The molecule has 1 saturated heterocycles. The SMILES string of the molecule is CC(C)=Nc1ccc(-c2c(F)cn3nc(N)ncc23)nc1C.CCC(F)F.CN1CCC[C@@H](F)C1. The zero-order valence-corrected chi connectivity index (χ0v) is 20.8. The summed E-state index contributed by atoms with van der Waals surface area (Å²) < 4.78 is 49.6.